The number of carbonyl (C=O) groups excluding carboxylic acids is 1. The highest BCUT2D eigenvalue weighted by Gasteiger charge is 2.14. The first-order valence-corrected chi connectivity index (χ1v) is 7.22. The van der Waals surface area contributed by atoms with E-state index < -0.39 is 6.09 Å². The van der Waals surface area contributed by atoms with Crippen LogP contribution in [-0.2, 0) is 10.5 Å². The second kappa shape index (κ2) is 7.89. The highest BCUT2D eigenvalue weighted by atomic mass is 32.2. The van der Waals surface area contributed by atoms with Crippen LogP contribution in [0.4, 0.5) is 4.79 Å². The minimum absolute atomic E-state index is 0.0158. The van der Waals surface area contributed by atoms with Crippen LogP contribution in [0, 0.1) is 0 Å². The largest absolute Gasteiger partial charge is 0.445 e. The molecule has 4 heteroatoms. The van der Waals surface area contributed by atoms with Crippen LogP contribution in [0.2, 0.25) is 0 Å². The van der Waals surface area contributed by atoms with E-state index in [2.05, 4.69) is 49.5 Å². The summed E-state index contributed by atoms with van der Waals surface area (Å²) in [6.45, 7) is 4.60. The van der Waals surface area contributed by atoms with Gasteiger partial charge in [-0.25, -0.2) is 4.79 Å². The zero-order valence-electron chi connectivity index (χ0n) is 11.7. The normalized spacial score (nSPS) is 11.5. The van der Waals surface area contributed by atoms with E-state index in [9.17, 15) is 4.79 Å². The fraction of sp³-hybridized carbons (Fsp3) is 0.400. The van der Waals surface area contributed by atoms with Gasteiger partial charge in [-0.05, 0) is 25.5 Å². The number of hydrogen-bond acceptors (Lipinski definition) is 3. The summed E-state index contributed by atoms with van der Waals surface area (Å²) in [6.07, 6.45) is 3.55. The molecular formula is C15H21NO2S. The van der Waals surface area contributed by atoms with Crippen molar-refractivity contribution >= 4 is 17.9 Å². The smallest absolute Gasteiger partial charge is 0.407 e. The SMILES string of the molecule is CNC(=O)OCC=CC(C)(C)SCc1ccccc1. The summed E-state index contributed by atoms with van der Waals surface area (Å²) < 4.78 is 4.92. The van der Waals surface area contributed by atoms with Crippen LogP contribution in [-0.4, -0.2) is 24.5 Å². The predicted octanol–water partition coefficient (Wildman–Crippen LogP) is 3.61. The van der Waals surface area contributed by atoms with E-state index >= 15 is 0 Å². The van der Waals surface area contributed by atoms with Crippen LogP contribution in [0.3, 0.4) is 0 Å². The van der Waals surface area contributed by atoms with Gasteiger partial charge in [0.05, 0.1) is 0 Å². The number of benzene rings is 1. The molecule has 3 nitrogen and oxygen atoms in total. The Labute approximate surface area is 119 Å². The molecule has 0 aliphatic carbocycles. The molecule has 0 fully saturated rings. The van der Waals surface area contributed by atoms with Crippen LogP contribution in [0.5, 0.6) is 0 Å². The lowest BCUT2D eigenvalue weighted by atomic mass is 10.2. The Bertz CT molecular complexity index is 415. The molecule has 0 aliphatic rings. The molecule has 0 saturated heterocycles. The van der Waals surface area contributed by atoms with Crippen molar-refractivity contribution in [3.63, 3.8) is 0 Å². The first-order chi connectivity index (χ1) is 9.03. The molecule has 1 amide bonds. The first kappa shape index (κ1) is 15.6. The topological polar surface area (TPSA) is 38.3 Å². The number of alkyl carbamates (subject to hydrolysis) is 1. The van der Waals surface area contributed by atoms with Gasteiger partial charge in [0.25, 0.3) is 0 Å². The van der Waals surface area contributed by atoms with E-state index in [1.807, 2.05) is 23.9 Å². The summed E-state index contributed by atoms with van der Waals surface area (Å²) >= 11 is 1.85. The van der Waals surface area contributed by atoms with Crippen LogP contribution in [0.1, 0.15) is 19.4 Å². The molecule has 19 heavy (non-hydrogen) atoms. The van der Waals surface area contributed by atoms with Crippen LogP contribution in [0.25, 0.3) is 0 Å². The average molecular weight is 279 g/mol. The summed E-state index contributed by atoms with van der Waals surface area (Å²) in [7, 11) is 1.55. The molecule has 1 N–H and O–H groups in total. The Morgan fingerprint density at radius 1 is 1.37 bits per heavy atom. The van der Waals surface area contributed by atoms with E-state index in [1.54, 1.807) is 7.05 Å². The van der Waals surface area contributed by atoms with Gasteiger partial charge in [-0.2, -0.15) is 0 Å². The van der Waals surface area contributed by atoms with E-state index in [4.69, 9.17) is 4.74 Å². The predicted molar refractivity (Wildman–Crippen MR) is 81.4 cm³/mol. The Hall–Kier alpha value is -1.42. The third-order valence-corrected chi connectivity index (χ3v) is 3.85. The van der Waals surface area contributed by atoms with Gasteiger partial charge in [0.15, 0.2) is 0 Å². The summed E-state index contributed by atoms with van der Waals surface area (Å²) in [5, 5.41) is 2.41. The maximum Gasteiger partial charge on any atom is 0.407 e. The number of thioether (sulfide) groups is 1. The summed E-state index contributed by atoms with van der Waals surface area (Å²) in [5.74, 6) is 0.967. The van der Waals surface area contributed by atoms with Crippen molar-refractivity contribution in [2.24, 2.45) is 0 Å². The zero-order chi connectivity index (χ0) is 14.1. The number of hydrogen-bond donors (Lipinski definition) is 1. The minimum atomic E-state index is -0.403. The van der Waals surface area contributed by atoms with Crippen LogP contribution in [0.15, 0.2) is 42.5 Å². The van der Waals surface area contributed by atoms with Gasteiger partial charge in [0.2, 0.25) is 0 Å². The Balaban J connectivity index is 2.35. The molecule has 1 aromatic carbocycles. The van der Waals surface area contributed by atoms with Gasteiger partial charge < -0.3 is 10.1 Å². The molecule has 0 heterocycles. The van der Waals surface area contributed by atoms with Crippen molar-refractivity contribution in [2.75, 3.05) is 13.7 Å². The van der Waals surface area contributed by atoms with Crippen LogP contribution < -0.4 is 5.32 Å². The zero-order valence-corrected chi connectivity index (χ0v) is 12.5. The van der Waals surface area contributed by atoms with Crippen molar-refractivity contribution in [1.29, 1.82) is 0 Å². The molecule has 1 rings (SSSR count). The monoisotopic (exact) mass is 279 g/mol. The summed E-state index contributed by atoms with van der Waals surface area (Å²) in [4.78, 5) is 10.9. The molecule has 0 atom stereocenters. The molecule has 0 aliphatic heterocycles. The lowest BCUT2D eigenvalue weighted by Gasteiger charge is -2.19. The molecular weight excluding hydrogens is 258 g/mol. The molecule has 1 aromatic rings. The molecule has 0 aromatic heterocycles. The van der Waals surface area contributed by atoms with Crippen molar-refractivity contribution < 1.29 is 9.53 Å². The number of rotatable bonds is 6. The number of nitrogens with one attached hydrogen (secondary N) is 1. The lowest BCUT2D eigenvalue weighted by Crippen LogP contribution is -2.19. The fourth-order valence-electron chi connectivity index (χ4n) is 1.42. The highest BCUT2D eigenvalue weighted by Crippen LogP contribution is 2.29. The van der Waals surface area contributed by atoms with Gasteiger partial charge in [-0.15, -0.1) is 11.8 Å². The van der Waals surface area contributed by atoms with Crippen molar-refractivity contribution in [3.8, 4) is 0 Å². The third kappa shape index (κ3) is 6.91. The van der Waals surface area contributed by atoms with Crippen LogP contribution >= 0.6 is 11.8 Å². The van der Waals surface area contributed by atoms with Gasteiger partial charge in [-0.3, -0.25) is 0 Å². The Kier molecular flexibility index (Phi) is 6.50. The molecule has 0 spiro atoms. The standard InChI is InChI=1S/C15H21NO2S/c1-15(2,10-7-11-18-14(17)16-3)19-12-13-8-5-4-6-9-13/h4-10H,11-12H2,1-3H3,(H,16,17). The van der Waals surface area contributed by atoms with E-state index in [1.165, 1.54) is 5.56 Å². The minimum Gasteiger partial charge on any atom is -0.445 e. The van der Waals surface area contributed by atoms with Gasteiger partial charge in [0, 0.05) is 17.5 Å². The van der Waals surface area contributed by atoms with Gasteiger partial charge in [0.1, 0.15) is 6.61 Å². The van der Waals surface area contributed by atoms with E-state index in [0.717, 1.165) is 5.75 Å². The lowest BCUT2D eigenvalue weighted by molar-refractivity contribution is 0.160. The Morgan fingerprint density at radius 3 is 2.68 bits per heavy atom. The molecule has 0 bridgehead atoms. The van der Waals surface area contributed by atoms with Crippen molar-refractivity contribution in [2.45, 2.75) is 24.3 Å². The molecule has 0 unspecified atom stereocenters. The Morgan fingerprint density at radius 2 is 2.05 bits per heavy atom. The van der Waals surface area contributed by atoms with E-state index in [-0.39, 0.29) is 4.75 Å². The number of ether oxygens (including phenoxy) is 1. The third-order valence-electron chi connectivity index (χ3n) is 2.49. The maximum absolute atomic E-state index is 10.9. The second-order valence-electron chi connectivity index (χ2n) is 4.63. The van der Waals surface area contributed by atoms with E-state index in [0.29, 0.717) is 6.61 Å². The van der Waals surface area contributed by atoms with Crippen molar-refractivity contribution in [3.05, 3.63) is 48.0 Å². The average Bonchev–Trinajstić information content (AvgIpc) is 2.42. The molecule has 0 saturated carbocycles. The summed E-state index contributed by atoms with van der Waals surface area (Å²) in [5.41, 5.74) is 1.32. The molecule has 104 valence electrons. The highest BCUT2D eigenvalue weighted by molar-refractivity contribution is 8.00. The number of amides is 1. The first-order valence-electron chi connectivity index (χ1n) is 6.23. The quantitative estimate of drug-likeness (QED) is 0.808. The van der Waals surface area contributed by atoms with Gasteiger partial charge >= 0.3 is 6.09 Å². The van der Waals surface area contributed by atoms with Gasteiger partial charge in [-0.1, -0.05) is 36.4 Å². The van der Waals surface area contributed by atoms with Crippen molar-refractivity contribution in [1.82, 2.24) is 5.32 Å². The molecule has 0 radical (unpaired) electrons. The maximum atomic E-state index is 10.9. The second-order valence-corrected chi connectivity index (χ2v) is 6.26. The fourth-order valence-corrected chi connectivity index (χ4v) is 2.34. The number of carbonyl (C=O) groups is 1. The summed E-state index contributed by atoms with van der Waals surface area (Å²) in [6, 6.07) is 10.4.